The quantitative estimate of drug-likeness (QED) is 0.876. The third kappa shape index (κ3) is 1.97. The van der Waals surface area contributed by atoms with Crippen LogP contribution in [-0.2, 0) is 0 Å². The summed E-state index contributed by atoms with van der Waals surface area (Å²) in [4.78, 5) is 0. The Balaban J connectivity index is 2.55. The number of aromatic nitrogens is 2. The highest BCUT2D eigenvalue weighted by molar-refractivity contribution is 9.10. The number of nitrogens with zero attached hydrogens (tertiary/aromatic N) is 2. The minimum Gasteiger partial charge on any atom is -0.383 e. The van der Waals surface area contributed by atoms with Crippen molar-refractivity contribution < 1.29 is 0 Å². The number of rotatable bonds is 1. The Labute approximate surface area is 105 Å². The van der Waals surface area contributed by atoms with Crippen molar-refractivity contribution in [1.29, 1.82) is 0 Å². The lowest BCUT2D eigenvalue weighted by molar-refractivity contribution is 0.891. The van der Waals surface area contributed by atoms with Gasteiger partial charge in [-0.25, -0.2) is 4.68 Å². The van der Waals surface area contributed by atoms with Crippen LogP contribution in [0.15, 0.2) is 28.9 Å². The second-order valence-corrected chi connectivity index (χ2v) is 4.56. The van der Waals surface area contributed by atoms with Gasteiger partial charge >= 0.3 is 0 Å². The van der Waals surface area contributed by atoms with Crippen molar-refractivity contribution in [3.05, 3.63) is 38.9 Å². The van der Waals surface area contributed by atoms with Gasteiger partial charge in [-0.2, -0.15) is 5.10 Å². The van der Waals surface area contributed by atoms with E-state index in [2.05, 4.69) is 21.0 Å². The Bertz CT molecular complexity index is 510. The van der Waals surface area contributed by atoms with Crippen LogP contribution in [0.25, 0.3) is 5.69 Å². The number of hydrogen-bond acceptors (Lipinski definition) is 2. The van der Waals surface area contributed by atoms with Crippen LogP contribution < -0.4 is 5.73 Å². The normalized spacial score (nSPS) is 10.6. The molecule has 0 radical (unpaired) electrons. The summed E-state index contributed by atoms with van der Waals surface area (Å²) in [6.45, 7) is 0. The zero-order chi connectivity index (χ0) is 11.0. The Morgan fingerprint density at radius 2 is 2.00 bits per heavy atom. The average molecular weight is 307 g/mol. The number of anilines is 1. The summed E-state index contributed by atoms with van der Waals surface area (Å²) in [6, 6.07) is 5.21. The third-order valence-electron chi connectivity index (χ3n) is 1.91. The maximum Gasteiger partial charge on any atom is 0.141 e. The number of hydrogen-bond donors (Lipinski definition) is 1. The Morgan fingerprint density at radius 1 is 1.27 bits per heavy atom. The van der Waals surface area contributed by atoms with E-state index in [1.807, 2.05) is 0 Å². The SMILES string of the molecule is Nc1c(Br)cnn1-c1ccc(Cl)c(Cl)c1. The topological polar surface area (TPSA) is 43.8 Å². The molecule has 78 valence electrons. The number of nitrogens with two attached hydrogens (primary N) is 1. The van der Waals surface area contributed by atoms with Gasteiger partial charge in [-0.15, -0.1) is 0 Å². The zero-order valence-corrected chi connectivity index (χ0v) is 10.5. The van der Waals surface area contributed by atoms with Crippen molar-refractivity contribution in [2.24, 2.45) is 0 Å². The van der Waals surface area contributed by atoms with Crippen LogP contribution >= 0.6 is 39.1 Å². The molecule has 0 aliphatic carbocycles. The maximum absolute atomic E-state index is 5.90. The van der Waals surface area contributed by atoms with E-state index in [0.717, 1.165) is 10.2 Å². The summed E-state index contributed by atoms with van der Waals surface area (Å²) in [6.07, 6.45) is 1.62. The van der Waals surface area contributed by atoms with Crippen molar-refractivity contribution in [2.75, 3.05) is 5.73 Å². The molecule has 0 saturated carbocycles. The lowest BCUT2D eigenvalue weighted by Gasteiger charge is -2.05. The van der Waals surface area contributed by atoms with E-state index in [1.54, 1.807) is 29.1 Å². The van der Waals surface area contributed by atoms with Crippen molar-refractivity contribution in [1.82, 2.24) is 9.78 Å². The highest BCUT2D eigenvalue weighted by atomic mass is 79.9. The average Bonchev–Trinajstić information content (AvgIpc) is 2.53. The summed E-state index contributed by atoms with van der Waals surface area (Å²) in [5, 5.41) is 5.08. The van der Waals surface area contributed by atoms with E-state index in [-0.39, 0.29) is 0 Å². The summed E-state index contributed by atoms with van der Waals surface area (Å²) >= 11 is 15.0. The zero-order valence-electron chi connectivity index (χ0n) is 7.42. The van der Waals surface area contributed by atoms with Gasteiger partial charge in [0.15, 0.2) is 0 Å². The van der Waals surface area contributed by atoms with Gasteiger partial charge < -0.3 is 5.73 Å². The first-order valence-corrected chi connectivity index (χ1v) is 5.59. The molecular formula is C9H6BrCl2N3. The third-order valence-corrected chi connectivity index (χ3v) is 3.26. The van der Waals surface area contributed by atoms with Crippen molar-refractivity contribution in [3.63, 3.8) is 0 Å². The summed E-state index contributed by atoms with van der Waals surface area (Å²) in [5.74, 6) is 0.522. The fraction of sp³-hybridized carbons (Fsp3) is 0. The maximum atomic E-state index is 5.90. The van der Waals surface area contributed by atoms with E-state index in [9.17, 15) is 0 Å². The molecule has 1 aromatic heterocycles. The minimum atomic E-state index is 0.472. The Hall–Kier alpha value is -0.710. The molecule has 0 atom stereocenters. The molecule has 15 heavy (non-hydrogen) atoms. The van der Waals surface area contributed by atoms with Gasteiger partial charge in [-0.1, -0.05) is 23.2 Å². The molecule has 1 heterocycles. The molecule has 2 N–H and O–H groups in total. The van der Waals surface area contributed by atoms with Gasteiger partial charge in [-0.3, -0.25) is 0 Å². The van der Waals surface area contributed by atoms with Gasteiger partial charge in [0.1, 0.15) is 5.82 Å². The predicted molar refractivity (Wildman–Crippen MR) is 65.7 cm³/mol. The van der Waals surface area contributed by atoms with Gasteiger partial charge in [0.2, 0.25) is 0 Å². The summed E-state index contributed by atoms with van der Waals surface area (Å²) in [7, 11) is 0. The molecule has 0 saturated heterocycles. The molecule has 2 aromatic rings. The van der Waals surface area contributed by atoms with Crippen LogP contribution in [-0.4, -0.2) is 9.78 Å². The van der Waals surface area contributed by atoms with E-state index in [0.29, 0.717) is 15.9 Å². The van der Waals surface area contributed by atoms with Crippen LogP contribution in [0.3, 0.4) is 0 Å². The molecule has 6 heteroatoms. The van der Waals surface area contributed by atoms with E-state index in [4.69, 9.17) is 28.9 Å². The van der Waals surface area contributed by atoms with Gasteiger partial charge in [0.05, 0.1) is 26.4 Å². The fourth-order valence-electron chi connectivity index (χ4n) is 1.16. The molecule has 1 aromatic carbocycles. The largest absolute Gasteiger partial charge is 0.383 e. The summed E-state index contributed by atoms with van der Waals surface area (Å²) in [5.41, 5.74) is 6.57. The van der Waals surface area contributed by atoms with Crippen molar-refractivity contribution in [3.8, 4) is 5.69 Å². The van der Waals surface area contributed by atoms with Crippen LogP contribution in [0, 0.1) is 0 Å². The predicted octanol–water partition coefficient (Wildman–Crippen LogP) is 3.52. The standard InChI is InChI=1S/C9H6BrCl2N3/c10-6-4-14-15(9(6)13)5-1-2-7(11)8(12)3-5/h1-4H,13H2. The van der Waals surface area contributed by atoms with Crippen molar-refractivity contribution >= 4 is 44.9 Å². The molecule has 0 aliphatic rings. The summed E-state index contributed by atoms with van der Waals surface area (Å²) < 4.78 is 2.32. The van der Waals surface area contributed by atoms with E-state index < -0.39 is 0 Å². The molecule has 3 nitrogen and oxygen atoms in total. The number of nitrogen functional groups attached to an aromatic ring is 1. The second kappa shape index (κ2) is 4.04. The van der Waals surface area contributed by atoms with Gasteiger partial charge in [-0.05, 0) is 34.1 Å². The molecule has 0 fully saturated rings. The lowest BCUT2D eigenvalue weighted by Crippen LogP contribution is -2.01. The molecule has 0 spiro atoms. The van der Waals surface area contributed by atoms with Gasteiger partial charge in [0, 0.05) is 0 Å². The van der Waals surface area contributed by atoms with Crippen LogP contribution in [0.4, 0.5) is 5.82 Å². The molecule has 0 unspecified atom stereocenters. The Kier molecular flexibility index (Phi) is 2.91. The highest BCUT2D eigenvalue weighted by Gasteiger charge is 2.07. The minimum absolute atomic E-state index is 0.472. The first-order valence-electron chi connectivity index (χ1n) is 4.04. The number of benzene rings is 1. The fourth-order valence-corrected chi connectivity index (χ4v) is 1.71. The number of halogens is 3. The highest BCUT2D eigenvalue weighted by Crippen LogP contribution is 2.27. The molecule has 2 rings (SSSR count). The molecular weight excluding hydrogens is 301 g/mol. The smallest absolute Gasteiger partial charge is 0.141 e. The Morgan fingerprint density at radius 3 is 2.53 bits per heavy atom. The van der Waals surface area contributed by atoms with Crippen LogP contribution in [0.5, 0.6) is 0 Å². The van der Waals surface area contributed by atoms with Crippen molar-refractivity contribution in [2.45, 2.75) is 0 Å². The first kappa shape index (κ1) is 10.8. The lowest BCUT2D eigenvalue weighted by atomic mass is 10.3. The van der Waals surface area contributed by atoms with E-state index >= 15 is 0 Å². The van der Waals surface area contributed by atoms with E-state index in [1.165, 1.54) is 0 Å². The first-order chi connectivity index (χ1) is 7.09. The molecule has 0 bridgehead atoms. The van der Waals surface area contributed by atoms with Gasteiger partial charge in [0.25, 0.3) is 0 Å². The molecule has 0 amide bonds. The second-order valence-electron chi connectivity index (χ2n) is 2.89. The van der Waals surface area contributed by atoms with Crippen LogP contribution in [0.1, 0.15) is 0 Å². The monoisotopic (exact) mass is 305 g/mol. The molecule has 0 aliphatic heterocycles. The van der Waals surface area contributed by atoms with Crippen LogP contribution in [0.2, 0.25) is 10.0 Å².